The van der Waals surface area contributed by atoms with E-state index >= 15 is 0 Å². The first-order valence-corrected chi connectivity index (χ1v) is 13.7. The topological polar surface area (TPSA) is 153 Å². The van der Waals surface area contributed by atoms with Crippen molar-refractivity contribution in [2.45, 2.75) is 76.4 Å². The number of carbonyl (C=O) groups excluding carboxylic acids is 2. The normalized spacial score (nSPS) is 27.5. The molecule has 1 heterocycles. The van der Waals surface area contributed by atoms with Crippen molar-refractivity contribution < 1.29 is 23.3 Å². The van der Waals surface area contributed by atoms with Crippen LogP contribution in [0.15, 0.2) is 21.8 Å². The van der Waals surface area contributed by atoms with Crippen molar-refractivity contribution in [3.63, 3.8) is 0 Å². The molecule has 2 aliphatic rings. The second-order valence-corrected chi connectivity index (χ2v) is 14.6. The number of ketones is 2. The number of ether oxygens (including phenoxy) is 1. The van der Waals surface area contributed by atoms with Crippen LogP contribution in [-0.4, -0.2) is 43.3 Å². The number of nitrogens with two attached hydrogens (primary N) is 1. The van der Waals surface area contributed by atoms with Gasteiger partial charge in [0.2, 0.25) is 5.78 Å². The van der Waals surface area contributed by atoms with Gasteiger partial charge in [-0.1, -0.05) is 45.3 Å². The van der Waals surface area contributed by atoms with Gasteiger partial charge in [-0.2, -0.15) is 0 Å². The Labute approximate surface area is 188 Å². The average molecular weight is 462 g/mol. The molecule has 0 saturated heterocycles. The van der Waals surface area contributed by atoms with E-state index in [4.69, 9.17) is 25.0 Å². The summed E-state index contributed by atoms with van der Waals surface area (Å²) in [6.07, 6.45) is 4.37. The first kappa shape index (κ1) is 24.2. The zero-order valence-electron chi connectivity index (χ0n) is 19.4. The SMILES string of the molecule is CCCCOc1noc2c1C(=O)[C@@]1(O[Si](C)(C)C(C)(C)C)C(=O)C=C[C@H](N=[N+]=[N-])[C@H]1[C@@H]2N. The van der Waals surface area contributed by atoms with Crippen LogP contribution in [0.4, 0.5) is 0 Å². The Morgan fingerprint density at radius 2 is 2.06 bits per heavy atom. The summed E-state index contributed by atoms with van der Waals surface area (Å²) in [4.78, 5) is 30.4. The molecule has 0 bridgehead atoms. The lowest BCUT2D eigenvalue weighted by molar-refractivity contribution is -0.133. The van der Waals surface area contributed by atoms with Gasteiger partial charge < -0.3 is 19.4 Å². The largest absolute Gasteiger partial charge is 0.475 e. The molecule has 0 fully saturated rings. The van der Waals surface area contributed by atoms with E-state index in [0.29, 0.717) is 6.61 Å². The first-order chi connectivity index (χ1) is 14.9. The second-order valence-electron chi connectivity index (χ2n) is 9.83. The third-order valence-corrected chi connectivity index (χ3v) is 11.2. The number of rotatable bonds is 7. The highest BCUT2D eigenvalue weighted by Crippen LogP contribution is 2.52. The molecule has 10 nitrogen and oxygen atoms in total. The first-order valence-electron chi connectivity index (χ1n) is 10.8. The van der Waals surface area contributed by atoms with Gasteiger partial charge in [0.25, 0.3) is 5.88 Å². The third kappa shape index (κ3) is 3.69. The van der Waals surface area contributed by atoms with Crippen molar-refractivity contribution in [1.29, 1.82) is 0 Å². The van der Waals surface area contributed by atoms with Gasteiger partial charge in [-0.25, -0.2) is 0 Å². The van der Waals surface area contributed by atoms with Crippen LogP contribution in [0.1, 0.15) is 62.7 Å². The summed E-state index contributed by atoms with van der Waals surface area (Å²) in [5.74, 6) is -1.98. The van der Waals surface area contributed by atoms with Crippen molar-refractivity contribution >= 4 is 19.9 Å². The third-order valence-electron chi connectivity index (χ3n) is 6.73. The van der Waals surface area contributed by atoms with Gasteiger partial charge in [-0.3, -0.25) is 9.59 Å². The molecule has 32 heavy (non-hydrogen) atoms. The van der Waals surface area contributed by atoms with Gasteiger partial charge in [0.15, 0.2) is 25.5 Å². The van der Waals surface area contributed by atoms with Crippen LogP contribution in [0.3, 0.4) is 0 Å². The molecule has 1 aromatic rings. The Morgan fingerprint density at radius 1 is 1.38 bits per heavy atom. The number of hydrogen-bond donors (Lipinski definition) is 1. The van der Waals surface area contributed by atoms with Gasteiger partial charge in [0.1, 0.15) is 5.56 Å². The molecule has 0 unspecified atom stereocenters. The Kier molecular flexibility index (Phi) is 6.40. The summed E-state index contributed by atoms with van der Waals surface area (Å²) < 4.78 is 17.7. The van der Waals surface area contributed by atoms with Crippen molar-refractivity contribution in [1.82, 2.24) is 5.16 Å². The number of fused-ring (bicyclic) bond motifs is 2. The number of carbonyl (C=O) groups is 2. The van der Waals surface area contributed by atoms with Crippen molar-refractivity contribution in [2.75, 3.05) is 6.61 Å². The standard InChI is InChI=1S/C21H31N5O5Si/c1-7-8-11-29-19-14-17(30-25-19)16(22)15-12(24-26-23)9-10-13(27)21(15,18(14)28)31-32(5,6)20(2,3)4/h9-10,12,15-16H,7-8,11,22H2,1-6H3/t12-,15-,16-,21+/m0/s1. The lowest BCUT2D eigenvalue weighted by Gasteiger charge is -2.51. The molecule has 2 aliphatic carbocycles. The average Bonchev–Trinajstić information content (AvgIpc) is 3.12. The number of unbranched alkanes of at least 4 members (excludes halogenated alkanes) is 1. The molecule has 0 aromatic carbocycles. The predicted molar refractivity (Wildman–Crippen MR) is 120 cm³/mol. The zero-order chi connectivity index (χ0) is 23.9. The number of hydrogen-bond acceptors (Lipinski definition) is 8. The summed E-state index contributed by atoms with van der Waals surface area (Å²) in [6.45, 7) is 12.3. The quantitative estimate of drug-likeness (QED) is 0.159. The van der Waals surface area contributed by atoms with Crippen LogP contribution in [0, 0.1) is 5.92 Å². The summed E-state index contributed by atoms with van der Waals surface area (Å²) in [7, 11) is -2.68. The van der Waals surface area contributed by atoms with Crippen LogP contribution in [-0.2, 0) is 9.22 Å². The highest BCUT2D eigenvalue weighted by molar-refractivity contribution is 6.74. The molecule has 174 valence electrons. The molecule has 0 saturated carbocycles. The summed E-state index contributed by atoms with van der Waals surface area (Å²) >= 11 is 0. The van der Waals surface area contributed by atoms with E-state index in [1.54, 1.807) is 0 Å². The molecule has 4 atom stereocenters. The van der Waals surface area contributed by atoms with Crippen LogP contribution in [0.25, 0.3) is 10.4 Å². The minimum atomic E-state index is -2.68. The summed E-state index contributed by atoms with van der Waals surface area (Å²) in [5, 5.41) is 7.44. The Morgan fingerprint density at radius 3 is 2.66 bits per heavy atom. The molecule has 0 spiro atoms. The lowest BCUT2D eigenvalue weighted by Crippen LogP contribution is -2.68. The molecule has 11 heteroatoms. The predicted octanol–water partition coefficient (Wildman–Crippen LogP) is 4.24. The van der Waals surface area contributed by atoms with Crippen molar-refractivity contribution in [3.05, 3.63) is 33.9 Å². The molecule has 0 aliphatic heterocycles. The van der Waals surface area contributed by atoms with Gasteiger partial charge in [0, 0.05) is 10.8 Å². The van der Waals surface area contributed by atoms with Gasteiger partial charge in [-0.05, 0) is 41.3 Å². The van der Waals surface area contributed by atoms with Crippen LogP contribution < -0.4 is 10.5 Å². The van der Waals surface area contributed by atoms with E-state index in [0.717, 1.165) is 12.8 Å². The van der Waals surface area contributed by atoms with E-state index in [-0.39, 0.29) is 22.2 Å². The smallest absolute Gasteiger partial charge is 0.265 e. The number of azide groups is 1. The number of Topliss-reactive ketones (excluding diaryl/α,β-unsaturated/α-hetero) is 1. The van der Waals surface area contributed by atoms with Crippen LogP contribution in [0.5, 0.6) is 5.88 Å². The Balaban J connectivity index is 2.23. The zero-order valence-corrected chi connectivity index (χ0v) is 20.4. The van der Waals surface area contributed by atoms with E-state index < -0.39 is 43.5 Å². The minimum absolute atomic E-state index is 0.00763. The molecular weight excluding hydrogens is 430 g/mol. The second kappa shape index (κ2) is 8.47. The fourth-order valence-electron chi connectivity index (χ4n) is 3.94. The fraction of sp³-hybridized carbons (Fsp3) is 0.667. The molecule has 0 amide bonds. The minimum Gasteiger partial charge on any atom is -0.475 e. The van der Waals surface area contributed by atoms with Crippen molar-refractivity contribution in [3.8, 4) is 5.88 Å². The Bertz CT molecular complexity index is 991. The van der Waals surface area contributed by atoms with E-state index in [9.17, 15) is 9.59 Å². The number of aromatic nitrogens is 1. The van der Waals surface area contributed by atoms with Crippen LogP contribution in [0.2, 0.25) is 18.1 Å². The molecule has 1 aromatic heterocycles. The monoisotopic (exact) mass is 461 g/mol. The van der Waals surface area contributed by atoms with E-state index in [1.165, 1.54) is 12.2 Å². The maximum atomic E-state index is 14.1. The maximum Gasteiger partial charge on any atom is 0.265 e. The van der Waals surface area contributed by atoms with Gasteiger partial charge >= 0.3 is 0 Å². The van der Waals surface area contributed by atoms with Crippen LogP contribution >= 0.6 is 0 Å². The summed E-state index contributed by atoms with van der Waals surface area (Å²) in [5.41, 5.74) is 13.8. The lowest BCUT2D eigenvalue weighted by atomic mass is 9.64. The number of nitrogens with zero attached hydrogens (tertiary/aromatic N) is 4. The molecule has 0 radical (unpaired) electrons. The Hall–Kier alpha value is -2.46. The maximum absolute atomic E-state index is 14.1. The molecule has 2 N–H and O–H groups in total. The van der Waals surface area contributed by atoms with E-state index in [2.05, 4.69) is 15.2 Å². The van der Waals surface area contributed by atoms with Crippen molar-refractivity contribution in [2.24, 2.45) is 16.8 Å². The fourth-order valence-corrected chi connectivity index (χ4v) is 5.38. The molecule has 3 rings (SSSR count). The highest BCUT2D eigenvalue weighted by atomic mass is 28.4. The van der Waals surface area contributed by atoms with Gasteiger partial charge in [0.05, 0.1) is 18.7 Å². The molecular formula is C21H31N5O5Si. The summed E-state index contributed by atoms with van der Waals surface area (Å²) in [6, 6.07) is -1.84. The van der Waals surface area contributed by atoms with E-state index in [1.807, 2.05) is 40.8 Å². The van der Waals surface area contributed by atoms with Gasteiger partial charge in [-0.15, -0.1) is 0 Å². The highest BCUT2D eigenvalue weighted by Gasteiger charge is 2.66.